The quantitative estimate of drug-likeness (QED) is 0.525. The molecule has 8 nitrogen and oxygen atoms in total. The third-order valence-corrected chi connectivity index (χ3v) is 8.16. The zero-order chi connectivity index (χ0) is 25.9. The lowest BCUT2D eigenvalue weighted by Gasteiger charge is -2.44. The molecule has 0 unspecified atom stereocenters. The molecule has 2 atom stereocenters. The van der Waals surface area contributed by atoms with E-state index in [2.05, 4.69) is 5.32 Å². The molecule has 0 aliphatic carbocycles. The Labute approximate surface area is 212 Å². The van der Waals surface area contributed by atoms with E-state index in [0.29, 0.717) is 0 Å². The lowest BCUT2D eigenvalue weighted by atomic mass is 10.0. The van der Waals surface area contributed by atoms with Crippen molar-refractivity contribution < 1.29 is 22.4 Å². The number of sulfonamides is 1. The minimum atomic E-state index is -3.82. The van der Waals surface area contributed by atoms with Crippen LogP contribution in [0.3, 0.4) is 0 Å². The van der Waals surface area contributed by atoms with E-state index in [4.69, 9.17) is 4.42 Å². The van der Waals surface area contributed by atoms with Gasteiger partial charge in [-0.2, -0.15) is 4.31 Å². The lowest BCUT2D eigenvalue weighted by Crippen LogP contribution is -2.65. The molecular weight excluding hydrogens is 478 g/mol. The van der Waals surface area contributed by atoms with E-state index >= 15 is 0 Å². The summed E-state index contributed by atoms with van der Waals surface area (Å²) in [6, 6.07) is 18.0. The number of hydrogen-bond acceptors (Lipinski definition) is 5. The van der Waals surface area contributed by atoms with E-state index in [9.17, 15) is 18.0 Å². The number of hydrogen-bond donors (Lipinski definition) is 1. The SMILES string of the molecule is CC(C)C(=O)N1[C@H](C)CN(S(=O)(=O)c2ccccc2)C[C@@H]1C(=O)NCc1ccc(-c2ccco2)cc1. The van der Waals surface area contributed by atoms with Crippen LogP contribution in [0.15, 0.2) is 82.3 Å². The molecule has 4 rings (SSSR count). The van der Waals surface area contributed by atoms with Crippen molar-refractivity contribution in [3.05, 3.63) is 78.6 Å². The van der Waals surface area contributed by atoms with Crippen molar-refractivity contribution >= 4 is 21.8 Å². The molecule has 0 saturated carbocycles. The molecule has 1 fully saturated rings. The Morgan fingerprint density at radius 1 is 1.00 bits per heavy atom. The molecule has 2 heterocycles. The molecule has 1 saturated heterocycles. The fourth-order valence-electron chi connectivity index (χ4n) is 4.40. The van der Waals surface area contributed by atoms with Crippen LogP contribution in [0.25, 0.3) is 11.3 Å². The van der Waals surface area contributed by atoms with Gasteiger partial charge in [-0.25, -0.2) is 8.42 Å². The molecule has 190 valence electrons. The number of benzene rings is 2. The predicted molar refractivity (Wildman–Crippen MR) is 136 cm³/mol. The van der Waals surface area contributed by atoms with Crippen molar-refractivity contribution in [2.45, 2.75) is 44.3 Å². The molecule has 9 heteroatoms. The summed E-state index contributed by atoms with van der Waals surface area (Å²) in [4.78, 5) is 28.1. The molecule has 1 N–H and O–H groups in total. The van der Waals surface area contributed by atoms with Crippen LogP contribution in [0.2, 0.25) is 0 Å². The molecule has 2 aromatic carbocycles. The molecular formula is C27H31N3O5S. The van der Waals surface area contributed by atoms with Gasteiger partial charge in [0.05, 0.1) is 11.2 Å². The average molecular weight is 510 g/mol. The van der Waals surface area contributed by atoms with Gasteiger partial charge in [-0.3, -0.25) is 9.59 Å². The van der Waals surface area contributed by atoms with Crippen LogP contribution in [0, 0.1) is 5.92 Å². The second-order valence-corrected chi connectivity index (χ2v) is 11.2. The zero-order valence-corrected chi connectivity index (χ0v) is 21.4. The number of nitrogens with zero attached hydrogens (tertiary/aromatic N) is 2. The molecule has 3 aromatic rings. The van der Waals surface area contributed by atoms with Gasteiger partial charge in [-0.1, -0.05) is 56.3 Å². The summed E-state index contributed by atoms with van der Waals surface area (Å²) in [6.45, 7) is 5.59. The molecule has 1 aliphatic heterocycles. The molecule has 0 radical (unpaired) electrons. The molecule has 0 bridgehead atoms. The number of rotatable bonds is 7. The number of carbonyl (C=O) groups excluding carboxylic acids is 2. The molecule has 36 heavy (non-hydrogen) atoms. The number of amides is 2. The van der Waals surface area contributed by atoms with Crippen LogP contribution in [-0.4, -0.2) is 54.6 Å². The van der Waals surface area contributed by atoms with Crippen molar-refractivity contribution in [3.63, 3.8) is 0 Å². The third-order valence-electron chi connectivity index (χ3n) is 6.31. The van der Waals surface area contributed by atoms with Crippen LogP contribution >= 0.6 is 0 Å². The minimum Gasteiger partial charge on any atom is -0.464 e. The summed E-state index contributed by atoms with van der Waals surface area (Å²) in [5.41, 5.74) is 1.80. The normalized spacial score (nSPS) is 18.8. The van der Waals surface area contributed by atoms with Gasteiger partial charge in [0.1, 0.15) is 11.8 Å². The smallest absolute Gasteiger partial charge is 0.244 e. The van der Waals surface area contributed by atoms with Gasteiger partial charge in [0.2, 0.25) is 21.8 Å². The number of furan rings is 1. The van der Waals surface area contributed by atoms with Crippen LogP contribution in [0.4, 0.5) is 0 Å². The largest absolute Gasteiger partial charge is 0.464 e. The van der Waals surface area contributed by atoms with Gasteiger partial charge in [0.25, 0.3) is 0 Å². The van der Waals surface area contributed by atoms with Crippen molar-refractivity contribution in [2.75, 3.05) is 13.1 Å². The fraction of sp³-hybridized carbons (Fsp3) is 0.333. The first-order valence-corrected chi connectivity index (χ1v) is 13.4. The van der Waals surface area contributed by atoms with E-state index in [1.165, 1.54) is 21.3 Å². The summed E-state index contributed by atoms with van der Waals surface area (Å²) in [7, 11) is -3.82. The summed E-state index contributed by atoms with van der Waals surface area (Å²) >= 11 is 0. The predicted octanol–water partition coefficient (Wildman–Crippen LogP) is 3.51. The molecule has 0 spiro atoms. The lowest BCUT2D eigenvalue weighted by molar-refractivity contribution is -0.148. The van der Waals surface area contributed by atoms with E-state index < -0.39 is 22.1 Å². The number of piperazine rings is 1. The average Bonchev–Trinajstić information content (AvgIpc) is 3.42. The Morgan fingerprint density at radius 3 is 2.31 bits per heavy atom. The van der Waals surface area contributed by atoms with Crippen LogP contribution < -0.4 is 5.32 Å². The van der Waals surface area contributed by atoms with E-state index in [0.717, 1.165) is 16.9 Å². The third kappa shape index (κ3) is 5.37. The first-order valence-electron chi connectivity index (χ1n) is 12.0. The van der Waals surface area contributed by atoms with Gasteiger partial charge in [0.15, 0.2) is 0 Å². The van der Waals surface area contributed by atoms with Crippen LogP contribution in [0.1, 0.15) is 26.3 Å². The Bertz CT molecular complexity index is 1290. The summed E-state index contributed by atoms with van der Waals surface area (Å²) < 4.78 is 33.3. The maximum absolute atomic E-state index is 13.4. The summed E-state index contributed by atoms with van der Waals surface area (Å²) in [6.07, 6.45) is 1.61. The molecule has 1 aliphatic rings. The molecule has 1 aromatic heterocycles. The number of carbonyl (C=O) groups is 2. The van der Waals surface area contributed by atoms with Crippen LogP contribution in [-0.2, 0) is 26.2 Å². The van der Waals surface area contributed by atoms with E-state index in [1.807, 2.05) is 36.4 Å². The van der Waals surface area contributed by atoms with Gasteiger partial charge in [-0.05, 0) is 36.8 Å². The van der Waals surface area contributed by atoms with Gasteiger partial charge in [-0.15, -0.1) is 0 Å². The van der Waals surface area contributed by atoms with Gasteiger partial charge in [0, 0.05) is 37.2 Å². The highest BCUT2D eigenvalue weighted by molar-refractivity contribution is 7.89. The topological polar surface area (TPSA) is 99.9 Å². The van der Waals surface area contributed by atoms with Gasteiger partial charge < -0.3 is 14.6 Å². The van der Waals surface area contributed by atoms with Gasteiger partial charge >= 0.3 is 0 Å². The highest BCUT2D eigenvalue weighted by Crippen LogP contribution is 2.25. The Balaban J connectivity index is 1.53. The zero-order valence-electron chi connectivity index (χ0n) is 20.6. The minimum absolute atomic E-state index is 0.108. The van der Waals surface area contributed by atoms with Crippen molar-refractivity contribution in [2.24, 2.45) is 5.92 Å². The summed E-state index contributed by atoms with van der Waals surface area (Å²) in [5, 5.41) is 2.90. The fourth-order valence-corrected chi connectivity index (χ4v) is 5.95. The van der Waals surface area contributed by atoms with Crippen molar-refractivity contribution in [1.82, 2.24) is 14.5 Å². The van der Waals surface area contributed by atoms with Crippen molar-refractivity contribution in [1.29, 1.82) is 0 Å². The van der Waals surface area contributed by atoms with E-state index in [1.54, 1.807) is 45.2 Å². The standard InChI is InChI=1S/C27H31N3O5S/c1-19(2)27(32)30-20(3)17-29(36(33,34)23-8-5-4-6-9-23)18-24(30)26(31)28-16-21-11-13-22(14-12-21)25-10-7-15-35-25/h4-15,19-20,24H,16-18H2,1-3H3,(H,28,31)/t20-,24-/m1/s1. The van der Waals surface area contributed by atoms with Crippen LogP contribution in [0.5, 0.6) is 0 Å². The first kappa shape index (κ1) is 25.7. The highest BCUT2D eigenvalue weighted by atomic mass is 32.2. The first-order chi connectivity index (χ1) is 17.2. The van der Waals surface area contributed by atoms with E-state index in [-0.39, 0.29) is 42.3 Å². The summed E-state index contributed by atoms with van der Waals surface area (Å²) in [5.74, 6) is -0.139. The Kier molecular flexibility index (Phi) is 7.61. The Morgan fingerprint density at radius 2 is 1.69 bits per heavy atom. The monoisotopic (exact) mass is 509 g/mol. The second-order valence-electron chi connectivity index (χ2n) is 9.29. The second kappa shape index (κ2) is 10.7. The maximum atomic E-state index is 13.4. The Hall–Kier alpha value is -3.43. The maximum Gasteiger partial charge on any atom is 0.244 e. The van der Waals surface area contributed by atoms with Crippen molar-refractivity contribution in [3.8, 4) is 11.3 Å². The molecule has 2 amide bonds. The highest BCUT2D eigenvalue weighted by Gasteiger charge is 2.43. The number of nitrogens with one attached hydrogen (secondary N) is 1.